The Bertz CT molecular complexity index is 603. The Morgan fingerprint density at radius 1 is 1.43 bits per heavy atom. The molecule has 0 saturated heterocycles. The Morgan fingerprint density at radius 3 is 2.57 bits per heavy atom. The first-order valence-corrected chi connectivity index (χ1v) is 7.81. The summed E-state index contributed by atoms with van der Waals surface area (Å²) in [5.41, 5.74) is 0.00883. The Kier molecular flexibility index (Phi) is 6.06. The predicted octanol–water partition coefficient (Wildman–Crippen LogP) is 1.34. The number of hydrogen-bond donors (Lipinski definition) is 2. The molecule has 0 radical (unpaired) electrons. The lowest BCUT2D eigenvalue weighted by Crippen LogP contribution is -2.37. The quantitative estimate of drug-likeness (QED) is 0.553. The molecule has 9 heteroatoms. The lowest BCUT2D eigenvalue weighted by molar-refractivity contribution is -0.387. The van der Waals surface area contributed by atoms with Gasteiger partial charge in [-0.05, 0) is 18.6 Å². The number of methoxy groups -OCH3 is 1. The number of nitro groups is 1. The average Bonchev–Trinajstić information content (AvgIpc) is 2.45. The molecule has 1 rings (SSSR count). The number of rotatable bonds is 8. The van der Waals surface area contributed by atoms with E-state index in [-0.39, 0.29) is 11.5 Å². The van der Waals surface area contributed by atoms with Crippen molar-refractivity contribution in [3.8, 4) is 0 Å². The molecule has 1 aromatic carbocycles. The molecule has 0 fully saturated rings. The number of nitrogens with zero attached hydrogens (tertiary/aromatic N) is 1. The summed E-state index contributed by atoms with van der Waals surface area (Å²) < 4.78 is 32.1. The zero-order valence-electron chi connectivity index (χ0n) is 12.1. The van der Waals surface area contributed by atoms with Crippen LogP contribution in [-0.2, 0) is 14.8 Å². The van der Waals surface area contributed by atoms with Crippen molar-refractivity contribution in [2.45, 2.75) is 24.3 Å². The number of hydrogen-bond acceptors (Lipinski definition) is 6. The van der Waals surface area contributed by atoms with E-state index in [1.54, 1.807) is 14.0 Å². The first-order valence-electron chi connectivity index (χ1n) is 6.33. The van der Waals surface area contributed by atoms with Crippen LogP contribution in [0.5, 0.6) is 0 Å². The fourth-order valence-electron chi connectivity index (χ4n) is 1.75. The number of nitro benzene ring substituents is 1. The van der Waals surface area contributed by atoms with E-state index in [0.29, 0.717) is 12.1 Å². The highest BCUT2D eigenvalue weighted by atomic mass is 32.2. The fourth-order valence-corrected chi connectivity index (χ4v) is 3.26. The molecule has 1 unspecified atom stereocenters. The van der Waals surface area contributed by atoms with Gasteiger partial charge in [-0.2, -0.15) is 0 Å². The summed E-state index contributed by atoms with van der Waals surface area (Å²) in [7, 11) is -0.952. The molecule has 0 aliphatic heterocycles. The number of benzene rings is 1. The molecule has 118 valence electrons. The van der Waals surface area contributed by atoms with E-state index in [4.69, 9.17) is 4.74 Å². The van der Waals surface area contributed by atoms with Crippen LogP contribution >= 0.6 is 0 Å². The van der Waals surface area contributed by atoms with Gasteiger partial charge < -0.3 is 10.1 Å². The molecule has 0 heterocycles. The smallest absolute Gasteiger partial charge is 0.289 e. The second-order valence-corrected chi connectivity index (χ2v) is 6.05. The lowest BCUT2D eigenvalue weighted by atomic mass is 10.3. The van der Waals surface area contributed by atoms with Gasteiger partial charge in [0, 0.05) is 32.0 Å². The number of ether oxygens (including phenoxy) is 1. The molecule has 1 aromatic rings. The van der Waals surface area contributed by atoms with Gasteiger partial charge in [-0.3, -0.25) is 10.1 Å². The summed E-state index contributed by atoms with van der Waals surface area (Å²) in [6.07, 6.45) is 0.507. The van der Waals surface area contributed by atoms with Gasteiger partial charge >= 0.3 is 0 Å². The number of anilines is 1. The van der Waals surface area contributed by atoms with Crippen LogP contribution in [0.15, 0.2) is 23.1 Å². The van der Waals surface area contributed by atoms with E-state index in [2.05, 4.69) is 10.0 Å². The molecule has 8 nitrogen and oxygen atoms in total. The summed E-state index contributed by atoms with van der Waals surface area (Å²) in [4.78, 5) is 9.93. The van der Waals surface area contributed by atoms with Gasteiger partial charge in [-0.1, -0.05) is 6.92 Å². The summed E-state index contributed by atoms with van der Waals surface area (Å²) in [6.45, 7) is 1.99. The van der Waals surface area contributed by atoms with Crippen LogP contribution in [0.1, 0.15) is 13.3 Å². The maximum atomic E-state index is 12.4. The Labute approximate surface area is 123 Å². The van der Waals surface area contributed by atoms with Crippen molar-refractivity contribution in [2.24, 2.45) is 0 Å². The second kappa shape index (κ2) is 7.34. The van der Waals surface area contributed by atoms with Crippen molar-refractivity contribution in [2.75, 3.05) is 26.1 Å². The fraction of sp³-hybridized carbons (Fsp3) is 0.500. The predicted molar refractivity (Wildman–Crippen MR) is 78.9 cm³/mol. The van der Waals surface area contributed by atoms with E-state index in [1.165, 1.54) is 19.2 Å². The van der Waals surface area contributed by atoms with Gasteiger partial charge in [0.1, 0.15) is 0 Å². The van der Waals surface area contributed by atoms with Crippen LogP contribution in [0.4, 0.5) is 11.4 Å². The van der Waals surface area contributed by atoms with E-state index in [9.17, 15) is 18.5 Å². The molecule has 21 heavy (non-hydrogen) atoms. The summed E-state index contributed by atoms with van der Waals surface area (Å²) in [5, 5.41) is 13.8. The Hall–Kier alpha value is -1.71. The average molecular weight is 317 g/mol. The second-order valence-electron chi connectivity index (χ2n) is 4.37. The van der Waals surface area contributed by atoms with Gasteiger partial charge in [0.2, 0.25) is 10.0 Å². The minimum absolute atomic E-state index is 0.190. The third-order valence-electron chi connectivity index (χ3n) is 2.92. The van der Waals surface area contributed by atoms with Crippen molar-refractivity contribution in [1.82, 2.24) is 4.72 Å². The van der Waals surface area contributed by atoms with E-state index in [0.717, 1.165) is 6.07 Å². The molecule has 0 aliphatic carbocycles. The third-order valence-corrected chi connectivity index (χ3v) is 4.47. The lowest BCUT2D eigenvalue weighted by Gasteiger charge is -2.16. The highest BCUT2D eigenvalue weighted by molar-refractivity contribution is 7.89. The maximum Gasteiger partial charge on any atom is 0.289 e. The van der Waals surface area contributed by atoms with Crippen molar-refractivity contribution in [1.29, 1.82) is 0 Å². The molecule has 0 amide bonds. The minimum Gasteiger partial charge on any atom is -0.388 e. The van der Waals surface area contributed by atoms with Crippen molar-refractivity contribution in [3.63, 3.8) is 0 Å². The topological polar surface area (TPSA) is 111 Å². The molecule has 0 bridgehead atoms. The normalized spacial score (nSPS) is 12.9. The van der Waals surface area contributed by atoms with Crippen molar-refractivity contribution in [3.05, 3.63) is 28.3 Å². The van der Waals surface area contributed by atoms with Crippen LogP contribution < -0.4 is 10.0 Å². The van der Waals surface area contributed by atoms with Crippen LogP contribution in [0.25, 0.3) is 0 Å². The monoisotopic (exact) mass is 317 g/mol. The molecular formula is C12H19N3O5S. The van der Waals surface area contributed by atoms with Gasteiger partial charge in [0.15, 0.2) is 4.90 Å². The summed E-state index contributed by atoms with van der Waals surface area (Å²) in [6, 6.07) is 3.40. The minimum atomic E-state index is -4.01. The molecular weight excluding hydrogens is 298 g/mol. The summed E-state index contributed by atoms with van der Waals surface area (Å²) in [5.74, 6) is 0. The SMILES string of the molecule is CCC(COC)NS(=O)(=O)c1cc(NC)ccc1[N+](=O)[O-]. The third kappa shape index (κ3) is 4.38. The van der Waals surface area contributed by atoms with Gasteiger partial charge in [0.25, 0.3) is 5.69 Å². The number of nitrogens with one attached hydrogen (secondary N) is 2. The van der Waals surface area contributed by atoms with Gasteiger partial charge in [-0.15, -0.1) is 0 Å². The van der Waals surface area contributed by atoms with Crippen LogP contribution in [0.3, 0.4) is 0 Å². The highest BCUT2D eigenvalue weighted by Crippen LogP contribution is 2.27. The largest absolute Gasteiger partial charge is 0.388 e. The Morgan fingerprint density at radius 2 is 2.10 bits per heavy atom. The van der Waals surface area contributed by atoms with Crippen molar-refractivity contribution >= 4 is 21.4 Å². The van der Waals surface area contributed by atoms with E-state index < -0.39 is 26.7 Å². The van der Waals surface area contributed by atoms with E-state index in [1.807, 2.05) is 0 Å². The highest BCUT2D eigenvalue weighted by Gasteiger charge is 2.28. The first-order chi connectivity index (χ1) is 9.85. The molecule has 0 aliphatic rings. The first kappa shape index (κ1) is 17.3. The molecule has 1 atom stereocenters. The Balaban J connectivity index is 3.25. The molecule has 2 N–H and O–H groups in total. The summed E-state index contributed by atoms with van der Waals surface area (Å²) >= 11 is 0. The maximum absolute atomic E-state index is 12.4. The number of sulfonamides is 1. The van der Waals surface area contributed by atoms with Gasteiger partial charge in [0.05, 0.1) is 11.5 Å². The zero-order chi connectivity index (χ0) is 16.0. The van der Waals surface area contributed by atoms with Crippen LogP contribution in [-0.4, -0.2) is 40.1 Å². The van der Waals surface area contributed by atoms with Gasteiger partial charge in [-0.25, -0.2) is 13.1 Å². The molecule has 0 saturated carbocycles. The molecule has 0 spiro atoms. The standard InChI is InChI=1S/C12H19N3O5S/c1-4-9(8-20-3)14-21(18,19)12-7-10(13-2)5-6-11(12)15(16)17/h5-7,9,13-14H,4,8H2,1-3H3. The van der Waals surface area contributed by atoms with E-state index >= 15 is 0 Å². The van der Waals surface area contributed by atoms with Crippen molar-refractivity contribution < 1.29 is 18.1 Å². The van der Waals surface area contributed by atoms with Crippen LogP contribution in [0, 0.1) is 10.1 Å². The zero-order valence-corrected chi connectivity index (χ0v) is 12.9. The molecule has 0 aromatic heterocycles. The van der Waals surface area contributed by atoms with Crippen LogP contribution in [0.2, 0.25) is 0 Å².